The predicted octanol–water partition coefficient (Wildman–Crippen LogP) is 2.45. The van der Waals surface area contributed by atoms with Crippen molar-refractivity contribution in [2.75, 3.05) is 26.0 Å². The molecule has 1 rings (SSSR count). The number of hydrogen-bond acceptors (Lipinski definition) is 3. The van der Waals surface area contributed by atoms with Crippen molar-refractivity contribution in [3.05, 3.63) is 29.6 Å². The summed E-state index contributed by atoms with van der Waals surface area (Å²) < 4.78 is 13.3. The molecule has 4 heteroatoms. The minimum atomic E-state index is -0.475. The van der Waals surface area contributed by atoms with E-state index in [0.29, 0.717) is 5.69 Å². The normalized spacial score (nSPS) is 12.2. The SMILES string of the molecule is CC(CCN(C)C)Nc1cccc(F)c1C#N. The van der Waals surface area contributed by atoms with Crippen molar-refractivity contribution < 1.29 is 4.39 Å². The molecule has 92 valence electrons. The monoisotopic (exact) mass is 235 g/mol. The number of rotatable bonds is 5. The van der Waals surface area contributed by atoms with Crippen molar-refractivity contribution in [3.63, 3.8) is 0 Å². The molecule has 0 spiro atoms. The number of nitrogens with zero attached hydrogens (tertiary/aromatic N) is 2. The third-order valence-electron chi connectivity index (χ3n) is 2.54. The minimum absolute atomic E-state index is 0.0872. The van der Waals surface area contributed by atoms with Crippen LogP contribution in [-0.2, 0) is 0 Å². The second-order valence-corrected chi connectivity index (χ2v) is 4.41. The van der Waals surface area contributed by atoms with Crippen LogP contribution in [0.15, 0.2) is 18.2 Å². The standard InChI is InChI=1S/C13H18FN3/c1-10(7-8-17(2)3)16-13-6-4-5-12(14)11(13)9-15/h4-6,10,16H,7-8H2,1-3H3. The third-order valence-corrected chi connectivity index (χ3v) is 2.54. The fraction of sp³-hybridized carbons (Fsp3) is 0.462. The molecule has 17 heavy (non-hydrogen) atoms. The zero-order chi connectivity index (χ0) is 12.8. The van der Waals surface area contributed by atoms with E-state index >= 15 is 0 Å². The first-order chi connectivity index (χ1) is 8.04. The first-order valence-electron chi connectivity index (χ1n) is 5.64. The van der Waals surface area contributed by atoms with E-state index in [9.17, 15) is 4.39 Å². The summed E-state index contributed by atoms with van der Waals surface area (Å²) >= 11 is 0. The summed E-state index contributed by atoms with van der Waals surface area (Å²) in [7, 11) is 4.02. The van der Waals surface area contributed by atoms with Gasteiger partial charge in [0.05, 0.1) is 5.69 Å². The summed E-state index contributed by atoms with van der Waals surface area (Å²) in [5, 5.41) is 12.1. The Kier molecular flexibility index (Phi) is 4.92. The molecule has 1 atom stereocenters. The fourth-order valence-electron chi connectivity index (χ4n) is 1.55. The number of benzene rings is 1. The molecule has 0 radical (unpaired) electrons. The van der Waals surface area contributed by atoms with Crippen LogP contribution in [0, 0.1) is 17.1 Å². The Bertz CT molecular complexity index is 410. The maximum atomic E-state index is 13.3. The highest BCUT2D eigenvalue weighted by Gasteiger charge is 2.10. The van der Waals surface area contributed by atoms with Crippen molar-refractivity contribution in [2.45, 2.75) is 19.4 Å². The smallest absolute Gasteiger partial charge is 0.143 e. The summed E-state index contributed by atoms with van der Waals surface area (Å²) in [6, 6.07) is 6.72. The molecule has 0 amide bonds. The van der Waals surface area contributed by atoms with Crippen molar-refractivity contribution in [3.8, 4) is 6.07 Å². The summed E-state index contributed by atoms with van der Waals surface area (Å²) in [5.41, 5.74) is 0.656. The lowest BCUT2D eigenvalue weighted by Gasteiger charge is -2.18. The number of nitriles is 1. The van der Waals surface area contributed by atoms with Crippen LogP contribution in [-0.4, -0.2) is 31.6 Å². The highest BCUT2D eigenvalue weighted by atomic mass is 19.1. The van der Waals surface area contributed by atoms with Crippen LogP contribution in [0.5, 0.6) is 0 Å². The highest BCUT2D eigenvalue weighted by Crippen LogP contribution is 2.19. The van der Waals surface area contributed by atoms with Crippen molar-refractivity contribution in [1.82, 2.24) is 4.90 Å². The van der Waals surface area contributed by atoms with E-state index in [4.69, 9.17) is 5.26 Å². The largest absolute Gasteiger partial charge is 0.381 e. The van der Waals surface area contributed by atoms with Crippen LogP contribution in [0.25, 0.3) is 0 Å². The van der Waals surface area contributed by atoms with Gasteiger partial charge in [-0.25, -0.2) is 4.39 Å². The van der Waals surface area contributed by atoms with Gasteiger partial charge in [0.25, 0.3) is 0 Å². The highest BCUT2D eigenvalue weighted by molar-refractivity contribution is 5.58. The van der Waals surface area contributed by atoms with Gasteiger partial charge in [0.1, 0.15) is 17.4 Å². The Morgan fingerprint density at radius 1 is 1.47 bits per heavy atom. The lowest BCUT2D eigenvalue weighted by molar-refractivity contribution is 0.390. The molecule has 1 aromatic carbocycles. The first kappa shape index (κ1) is 13.5. The Morgan fingerprint density at radius 2 is 2.18 bits per heavy atom. The van der Waals surface area contributed by atoms with Crippen LogP contribution < -0.4 is 5.32 Å². The topological polar surface area (TPSA) is 39.1 Å². The Labute approximate surface area is 102 Å². The van der Waals surface area contributed by atoms with Crippen LogP contribution in [0.1, 0.15) is 18.9 Å². The molecule has 3 nitrogen and oxygen atoms in total. The van der Waals surface area contributed by atoms with Gasteiger partial charge < -0.3 is 10.2 Å². The fourth-order valence-corrected chi connectivity index (χ4v) is 1.55. The molecule has 0 aliphatic rings. The van der Waals surface area contributed by atoms with Gasteiger partial charge >= 0.3 is 0 Å². The molecule has 1 unspecified atom stereocenters. The molecule has 0 heterocycles. The molecule has 0 fully saturated rings. The second-order valence-electron chi connectivity index (χ2n) is 4.41. The van der Waals surface area contributed by atoms with Crippen molar-refractivity contribution in [1.29, 1.82) is 5.26 Å². The molecule has 0 saturated heterocycles. The van der Waals surface area contributed by atoms with Crippen LogP contribution >= 0.6 is 0 Å². The van der Waals surface area contributed by atoms with Gasteiger partial charge in [0.15, 0.2) is 0 Å². The molecule has 0 aromatic heterocycles. The first-order valence-corrected chi connectivity index (χ1v) is 5.64. The molecule has 0 bridgehead atoms. The van der Waals surface area contributed by atoms with Crippen molar-refractivity contribution in [2.24, 2.45) is 0 Å². The molecular weight excluding hydrogens is 217 g/mol. The summed E-state index contributed by atoms with van der Waals surface area (Å²) in [6.07, 6.45) is 0.939. The predicted molar refractivity (Wildman–Crippen MR) is 67.4 cm³/mol. The molecule has 0 saturated carbocycles. The van der Waals surface area contributed by atoms with E-state index in [1.54, 1.807) is 12.1 Å². The van der Waals surface area contributed by atoms with Gasteiger partial charge in [0, 0.05) is 6.04 Å². The van der Waals surface area contributed by atoms with E-state index in [1.165, 1.54) is 6.07 Å². The van der Waals surface area contributed by atoms with Gasteiger partial charge in [-0.05, 0) is 46.1 Å². The van der Waals surface area contributed by atoms with Gasteiger partial charge in [-0.15, -0.1) is 0 Å². The number of halogens is 1. The Morgan fingerprint density at radius 3 is 2.76 bits per heavy atom. The average Bonchev–Trinajstić information content (AvgIpc) is 2.27. The second kappa shape index (κ2) is 6.21. The molecule has 0 aliphatic heterocycles. The number of anilines is 1. The van der Waals surface area contributed by atoms with E-state index in [0.717, 1.165) is 13.0 Å². The van der Waals surface area contributed by atoms with Crippen molar-refractivity contribution >= 4 is 5.69 Å². The van der Waals surface area contributed by atoms with Gasteiger partial charge in [0.2, 0.25) is 0 Å². The zero-order valence-corrected chi connectivity index (χ0v) is 10.5. The summed E-state index contributed by atoms with van der Waals surface area (Å²) in [5.74, 6) is -0.475. The Hall–Kier alpha value is -1.60. The van der Waals surface area contributed by atoms with E-state index in [1.807, 2.05) is 27.1 Å². The maximum absolute atomic E-state index is 13.3. The van der Waals surface area contributed by atoms with Gasteiger partial charge in [-0.1, -0.05) is 6.07 Å². The zero-order valence-electron chi connectivity index (χ0n) is 10.5. The Balaban J connectivity index is 2.69. The molecule has 1 aromatic rings. The molecule has 0 aliphatic carbocycles. The van der Waals surface area contributed by atoms with E-state index in [-0.39, 0.29) is 11.6 Å². The van der Waals surface area contributed by atoms with Crippen LogP contribution in [0.2, 0.25) is 0 Å². The molecule has 1 N–H and O–H groups in total. The minimum Gasteiger partial charge on any atom is -0.381 e. The lowest BCUT2D eigenvalue weighted by atomic mass is 10.1. The number of nitrogens with one attached hydrogen (secondary N) is 1. The quantitative estimate of drug-likeness (QED) is 0.852. The molecular formula is C13H18FN3. The maximum Gasteiger partial charge on any atom is 0.143 e. The van der Waals surface area contributed by atoms with E-state index < -0.39 is 5.82 Å². The van der Waals surface area contributed by atoms with Gasteiger partial charge in [-0.2, -0.15) is 5.26 Å². The van der Waals surface area contributed by atoms with Gasteiger partial charge in [-0.3, -0.25) is 0 Å². The average molecular weight is 235 g/mol. The van der Waals surface area contributed by atoms with Crippen LogP contribution in [0.4, 0.5) is 10.1 Å². The lowest BCUT2D eigenvalue weighted by Crippen LogP contribution is -2.23. The summed E-state index contributed by atoms with van der Waals surface area (Å²) in [4.78, 5) is 2.09. The van der Waals surface area contributed by atoms with Crippen LogP contribution in [0.3, 0.4) is 0 Å². The van der Waals surface area contributed by atoms with E-state index in [2.05, 4.69) is 10.2 Å². The number of hydrogen-bond donors (Lipinski definition) is 1. The summed E-state index contributed by atoms with van der Waals surface area (Å²) in [6.45, 7) is 2.97. The third kappa shape index (κ3) is 4.04.